The van der Waals surface area contributed by atoms with E-state index in [1.54, 1.807) is 20.8 Å². The highest BCUT2D eigenvalue weighted by molar-refractivity contribution is 5.72. The van der Waals surface area contributed by atoms with Gasteiger partial charge in [0.05, 0.1) is 6.42 Å². The standard InChI is InChI=1S/C11H17F2NO4/c1-10(2,3)18-9(17)14-5-4-11(12,13)7(14)6-8(15)16/h7H,4-6H2,1-3H3,(H,15,16). The molecule has 0 spiro atoms. The van der Waals surface area contributed by atoms with E-state index in [2.05, 4.69) is 0 Å². The Bertz CT molecular complexity index is 351. The maximum Gasteiger partial charge on any atom is 0.410 e. The Kier molecular flexibility index (Phi) is 3.83. The molecule has 1 atom stereocenters. The molecule has 0 aromatic heterocycles. The number of amides is 1. The van der Waals surface area contributed by atoms with Crippen LogP contribution in [-0.2, 0) is 9.53 Å². The van der Waals surface area contributed by atoms with Crippen LogP contribution in [0.15, 0.2) is 0 Å². The third kappa shape index (κ3) is 3.54. The van der Waals surface area contributed by atoms with Gasteiger partial charge in [0.1, 0.15) is 11.6 Å². The van der Waals surface area contributed by atoms with Crippen LogP contribution in [0.1, 0.15) is 33.6 Å². The highest BCUT2D eigenvalue weighted by Crippen LogP contribution is 2.36. The number of rotatable bonds is 2. The molecule has 0 aromatic rings. The van der Waals surface area contributed by atoms with Crippen molar-refractivity contribution in [3.8, 4) is 0 Å². The fourth-order valence-electron chi connectivity index (χ4n) is 1.78. The van der Waals surface area contributed by atoms with Crippen LogP contribution in [0, 0.1) is 0 Å². The molecule has 1 N–H and O–H groups in total. The molecule has 0 aromatic carbocycles. The van der Waals surface area contributed by atoms with Crippen molar-refractivity contribution < 1.29 is 28.2 Å². The minimum atomic E-state index is -3.19. The van der Waals surface area contributed by atoms with Crippen molar-refractivity contribution in [2.45, 2.75) is 51.2 Å². The van der Waals surface area contributed by atoms with Gasteiger partial charge in [-0.05, 0) is 20.8 Å². The second-order valence-electron chi connectivity index (χ2n) is 5.30. The van der Waals surface area contributed by atoms with E-state index >= 15 is 0 Å². The molecule has 1 rings (SSSR count). The Labute approximate surface area is 104 Å². The van der Waals surface area contributed by atoms with Crippen molar-refractivity contribution in [3.05, 3.63) is 0 Å². The molecule has 7 heteroatoms. The third-order valence-corrected chi connectivity index (χ3v) is 2.55. The van der Waals surface area contributed by atoms with Crippen LogP contribution in [-0.4, -0.2) is 46.2 Å². The predicted molar refractivity (Wildman–Crippen MR) is 58.5 cm³/mol. The number of alkyl halides is 2. The molecule has 1 unspecified atom stereocenters. The minimum absolute atomic E-state index is 0.195. The number of hydrogen-bond donors (Lipinski definition) is 1. The van der Waals surface area contributed by atoms with Gasteiger partial charge in [-0.3, -0.25) is 9.69 Å². The minimum Gasteiger partial charge on any atom is -0.481 e. The molecule has 1 aliphatic heterocycles. The van der Waals surface area contributed by atoms with E-state index in [0.717, 1.165) is 4.90 Å². The summed E-state index contributed by atoms with van der Waals surface area (Å²) in [6.45, 7) is 4.65. The summed E-state index contributed by atoms with van der Waals surface area (Å²) in [5.74, 6) is -4.55. The molecular formula is C11H17F2NO4. The number of carboxylic acid groups (broad SMARTS) is 1. The normalized spacial score (nSPS) is 22.9. The third-order valence-electron chi connectivity index (χ3n) is 2.55. The molecule has 0 radical (unpaired) electrons. The lowest BCUT2D eigenvalue weighted by atomic mass is 10.1. The van der Waals surface area contributed by atoms with Crippen molar-refractivity contribution in [1.82, 2.24) is 4.90 Å². The Morgan fingerprint density at radius 2 is 2.00 bits per heavy atom. The summed E-state index contributed by atoms with van der Waals surface area (Å²) in [4.78, 5) is 23.1. The van der Waals surface area contributed by atoms with E-state index < -0.39 is 42.5 Å². The zero-order chi connectivity index (χ0) is 14.1. The van der Waals surface area contributed by atoms with Crippen molar-refractivity contribution in [2.24, 2.45) is 0 Å². The number of ether oxygens (including phenoxy) is 1. The highest BCUT2D eigenvalue weighted by atomic mass is 19.3. The van der Waals surface area contributed by atoms with Crippen LogP contribution in [0.4, 0.5) is 13.6 Å². The highest BCUT2D eigenvalue weighted by Gasteiger charge is 2.52. The maximum absolute atomic E-state index is 13.5. The van der Waals surface area contributed by atoms with Gasteiger partial charge in [-0.15, -0.1) is 0 Å². The fraction of sp³-hybridized carbons (Fsp3) is 0.818. The number of carbonyl (C=O) groups is 2. The smallest absolute Gasteiger partial charge is 0.410 e. The molecule has 5 nitrogen and oxygen atoms in total. The van der Waals surface area contributed by atoms with Crippen LogP contribution in [0.2, 0.25) is 0 Å². The second kappa shape index (κ2) is 4.70. The van der Waals surface area contributed by atoms with Crippen LogP contribution in [0.3, 0.4) is 0 Å². The Balaban J connectivity index is 2.81. The number of halogens is 2. The van der Waals surface area contributed by atoms with Gasteiger partial charge in [0, 0.05) is 13.0 Å². The van der Waals surface area contributed by atoms with Crippen molar-refractivity contribution >= 4 is 12.1 Å². The lowest BCUT2D eigenvalue weighted by Crippen LogP contribution is -2.45. The first-order chi connectivity index (χ1) is 8.03. The van der Waals surface area contributed by atoms with Crippen LogP contribution in [0.25, 0.3) is 0 Å². The SMILES string of the molecule is CC(C)(C)OC(=O)N1CCC(F)(F)C1CC(=O)O. The topological polar surface area (TPSA) is 66.8 Å². The molecule has 0 saturated carbocycles. The molecule has 0 bridgehead atoms. The van der Waals surface area contributed by atoms with Crippen molar-refractivity contribution in [1.29, 1.82) is 0 Å². The molecule has 1 aliphatic rings. The van der Waals surface area contributed by atoms with Crippen molar-refractivity contribution in [3.63, 3.8) is 0 Å². The molecule has 1 heterocycles. The monoisotopic (exact) mass is 265 g/mol. The lowest BCUT2D eigenvalue weighted by Gasteiger charge is -2.29. The molecular weight excluding hydrogens is 248 g/mol. The quantitative estimate of drug-likeness (QED) is 0.830. The van der Waals surface area contributed by atoms with E-state index in [4.69, 9.17) is 9.84 Å². The first-order valence-corrected chi connectivity index (χ1v) is 5.62. The largest absolute Gasteiger partial charge is 0.481 e. The van der Waals surface area contributed by atoms with Crippen LogP contribution < -0.4 is 0 Å². The average molecular weight is 265 g/mol. The van der Waals surface area contributed by atoms with Gasteiger partial charge in [0.25, 0.3) is 5.92 Å². The average Bonchev–Trinajstić information content (AvgIpc) is 2.39. The number of carbonyl (C=O) groups excluding carboxylic acids is 1. The van der Waals surface area contributed by atoms with Crippen LogP contribution in [0.5, 0.6) is 0 Å². The lowest BCUT2D eigenvalue weighted by molar-refractivity contribution is -0.141. The molecule has 0 aliphatic carbocycles. The molecule has 18 heavy (non-hydrogen) atoms. The summed E-state index contributed by atoms with van der Waals surface area (Å²) in [5.41, 5.74) is -0.803. The first-order valence-electron chi connectivity index (χ1n) is 5.62. The summed E-state index contributed by atoms with van der Waals surface area (Å²) in [6.07, 6.45) is -2.22. The molecule has 1 fully saturated rings. The predicted octanol–water partition coefficient (Wildman–Crippen LogP) is 2.11. The summed E-state index contributed by atoms with van der Waals surface area (Å²) in [7, 11) is 0. The van der Waals surface area contributed by atoms with Gasteiger partial charge in [-0.25, -0.2) is 13.6 Å². The second-order valence-corrected chi connectivity index (χ2v) is 5.30. The summed E-state index contributed by atoms with van der Waals surface area (Å²) < 4.78 is 32.0. The fourth-order valence-corrected chi connectivity index (χ4v) is 1.78. The number of nitrogens with zero attached hydrogens (tertiary/aromatic N) is 1. The zero-order valence-electron chi connectivity index (χ0n) is 10.6. The first kappa shape index (κ1) is 14.7. The number of carboxylic acids is 1. The van der Waals surface area contributed by atoms with Crippen molar-refractivity contribution in [2.75, 3.05) is 6.54 Å². The Morgan fingerprint density at radius 1 is 1.44 bits per heavy atom. The Hall–Kier alpha value is -1.40. The van der Waals surface area contributed by atoms with E-state index in [1.807, 2.05) is 0 Å². The molecule has 104 valence electrons. The Morgan fingerprint density at radius 3 is 2.44 bits per heavy atom. The molecule has 1 amide bonds. The summed E-state index contributed by atoms with van der Waals surface area (Å²) >= 11 is 0. The zero-order valence-corrected chi connectivity index (χ0v) is 10.6. The summed E-state index contributed by atoms with van der Waals surface area (Å²) in [6, 6.07) is -1.63. The van der Waals surface area contributed by atoms with Gasteiger partial charge in [-0.2, -0.15) is 0 Å². The van der Waals surface area contributed by atoms with Gasteiger partial charge in [0.2, 0.25) is 0 Å². The van der Waals surface area contributed by atoms with Gasteiger partial charge in [0.15, 0.2) is 0 Å². The van der Waals surface area contributed by atoms with Crippen LogP contribution >= 0.6 is 0 Å². The summed E-state index contributed by atoms with van der Waals surface area (Å²) in [5, 5.41) is 8.63. The van der Waals surface area contributed by atoms with E-state index in [9.17, 15) is 18.4 Å². The van der Waals surface area contributed by atoms with Gasteiger partial charge >= 0.3 is 12.1 Å². The van der Waals surface area contributed by atoms with E-state index in [0.29, 0.717) is 0 Å². The number of aliphatic carboxylic acids is 1. The van der Waals surface area contributed by atoms with E-state index in [-0.39, 0.29) is 6.54 Å². The number of hydrogen-bond acceptors (Lipinski definition) is 3. The maximum atomic E-state index is 13.5. The van der Waals surface area contributed by atoms with Gasteiger partial charge in [-0.1, -0.05) is 0 Å². The number of likely N-dealkylation sites (tertiary alicyclic amines) is 1. The van der Waals surface area contributed by atoms with E-state index in [1.165, 1.54) is 0 Å². The molecule has 1 saturated heterocycles. The van der Waals surface area contributed by atoms with Gasteiger partial charge < -0.3 is 9.84 Å².